The van der Waals surface area contributed by atoms with Crippen molar-refractivity contribution in [3.8, 4) is 23.0 Å². The highest BCUT2D eigenvalue weighted by atomic mass is 16.6. The van der Waals surface area contributed by atoms with Gasteiger partial charge < -0.3 is 77.3 Å². The van der Waals surface area contributed by atoms with Crippen LogP contribution in [0.3, 0.4) is 0 Å². The first-order chi connectivity index (χ1) is 30.0. The Balaban J connectivity index is 0. The zero-order chi connectivity index (χ0) is 45.1. The van der Waals surface area contributed by atoms with Gasteiger partial charge in [-0.2, -0.15) is 0 Å². The molecule has 4 N–H and O–H groups in total. The van der Waals surface area contributed by atoms with Gasteiger partial charge in [-0.1, -0.05) is 45.0 Å². The molecule has 2 aromatic carbocycles. The summed E-state index contributed by atoms with van der Waals surface area (Å²) >= 11 is 0. The van der Waals surface area contributed by atoms with E-state index in [0.717, 1.165) is 44.8 Å². The number of ether oxygens (including phenoxy) is 12. The summed E-state index contributed by atoms with van der Waals surface area (Å²) in [5.74, 6) is 2.73. The summed E-state index contributed by atoms with van der Waals surface area (Å²) in [5.41, 5.74) is 0. The maximum Gasteiger partial charge on any atom is 0.203 e. The smallest absolute Gasteiger partial charge is 0.203 e. The van der Waals surface area contributed by atoms with Crippen LogP contribution in [-0.4, -0.2) is 198 Å². The van der Waals surface area contributed by atoms with Crippen LogP contribution in [0.5, 0.6) is 23.0 Å². The molecule has 0 aliphatic carbocycles. The average molecular weight is 880 g/mol. The van der Waals surface area contributed by atoms with Crippen LogP contribution in [0, 0.1) is 0 Å². The molecular weight excluding hydrogens is 798 g/mol. The molecule has 0 bridgehead atoms. The maximum absolute atomic E-state index is 8.78. The Labute approximate surface area is 365 Å². The quantitative estimate of drug-likeness (QED) is 0.0563. The first kappa shape index (κ1) is 60.2. The molecule has 0 fully saturated rings. The van der Waals surface area contributed by atoms with Gasteiger partial charge in [0.05, 0.1) is 127 Å². The lowest BCUT2D eigenvalue weighted by Gasteiger charge is -2.21. The summed E-state index contributed by atoms with van der Waals surface area (Å²) < 4.78 is 63.8. The van der Waals surface area contributed by atoms with Gasteiger partial charge in [-0.15, -0.1) is 0 Å². The van der Waals surface area contributed by atoms with E-state index in [4.69, 9.17) is 77.3 Å². The van der Waals surface area contributed by atoms with Gasteiger partial charge in [-0.05, 0) is 43.5 Å². The number of methoxy groups -OCH3 is 2. The Hall–Kier alpha value is -2.88. The third-order valence-corrected chi connectivity index (χ3v) is 7.21. The Morgan fingerprint density at radius 1 is 0.393 bits per heavy atom. The first-order valence-electron chi connectivity index (χ1n) is 21.3. The van der Waals surface area contributed by atoms with Crippen LogP contribution >= 0.6 is 0 Å². The van der Waals surface area contributed by atoms with E-state index in [-0.39, 0.29) is 26.4 Å². The van der Waals surface area contributed by atoms with Crippen molar-refractivity contribution in [2.45, 2.75) is 40.0 Å². The second-order valence-electron chi connectivity index (χ2n) is 12.3. The van der Waals surface area contributed by atoms with E-state index in [0.29, 0.717) is 130 Å². The second-order valence-corrected chi connectivity index (χ2v) is 12.3. The van der Waals surface area contributed by atoms with E-state index in [9.17, 15) is 0 Å². The molecule has 17 nitrogen and oxygen atoms in total. The number of nitrogens with zero attached hydrogens (tertiary/aromatic N) is 1. The molecule has 0 atom stereocenters. The van der Waals surface area contributed by atoms with Crippen LogP contribution < -0.4 is 18.9 Å². The number of hydrogen-bond acceptors (Lipinski definition) is 17. The summed E-state index contributed by atoms with van der Waals surface area (Å²) in [7, 11) is 3.20. The largest absolute Gasteiger partial charge is 0.493 e. The molecule has 0 heterocycles. The van der Waals surface area contributed by atoms with Crippen molar-refractivity contribution in [1.82, 2.24) is 4.90 Å². The molecular formula is C44H81NO16. The van der Waals surface area contributed by atoms with Crippen LogP contribution in [0.4, 0.5) is 0 Å². The number of para-hydroxylation sites is 2. The second kappa shape index (κ2) is 51.5. The van der Waals surface area contributed by atoms with Gasteiger partial charge >= 0.3 is 0 Å². The lowest BCUT2D eigenvalue weighted by molar-refractivity contribution is -0.0225. The lowest BCUT2D eigenvalue weighted by Crippen LogP contribution is -2.34. The third-order valence-electron chi connectivity index (χ3n) is 7.21. The van der Waals surface area contributed by atoms with Gasteiger partial charge in [-0.3, -0.25) is 4.90 Å². The van der Waals surface area contributed by atoms with Gasteiger partial charge in [0.2, 0.25) is 5.75 Å². The van der Waals surface area contributed by atoms with Gasteiger partial charge in [0.1, 0.15) is 19.0 Å². The first-order valence-corrected chi connectivity index (χ1v) is 21.3. The number of hydrogen-bond donors (Lipinski definition) is 4. The van der Waals surface area contributed by atoms with Crippen LogP contribution in [0.1, 0.15) is 40.0 Å². The molecule has 0 saturated carbocycles. The van der Waals surface area contributed by atoms with Crippen molar-refractivity contribution in [2.75, 3.05) is 173 Å². The Morgan fingerprint density at radius 3 is 1.21 bits per heavy atom. The Morgan fingerprint density at radius 2 is 0.770 bits per heavy atom. The molecule has 2 aromatic rings. The zero-order valence-corrected chi connectivity index (χ0v) is 37.8. The number of rotatable bonds is 38. The summed E-state index contributed by atoms with van der Waals surface area (Å²) in [5, 5.41) is 33.8. The van der Waals surface area contributed by atoms with E-state index in [1.165, 1.54) is 0 Å². The monoisotopic (exact) mass is 880 g/mol. The molecule has 0 radical (unpaired) electrons. The predicted molar refractivity (Wildman–Crippen MR) is 234 cm³/mol. The van der Waals surface area contributed by atoms with Crippen LogP contribution in [0.25, 0.3) is 0 Å². The highest BCUT2D eigenvalue weighted by molar-refractivity contribution is 5.51. The van der Waals surface area contributed by atoms with Crippen LogP contribution in [0.15, 0.2) is 48.5 Å². The number of aliphatic hydroxyl groups is 4. The fourth-order valence-electron chi connectivity index (χ4n) is 4.36. The molecule has 0 amide bonds. The minimum absolute atomic E-state index is 0.00330. The van der Waals surface area contributed by atoms with E-state index in [2.05, 4.69) is 6.92 Å². The van der Waals surface area contributed by atoms with E-state index < -0.39 is 0 Å². The summed E-state index contributed by atoms with van der Waals surface area (Å²) in [4.78, 5) is 2.03. The Bertz CT molecular complexity index is 1070. The lowest BCUT2D eigenvalue weighted by atomic mass is 10.3. The van der Waals surface area contributed by atoms with Crippen molar-refractivity contribution in [3.05, 3.63) is 48.5 Å². The topological polar surface area (TPSA) is 195 Å². The molecule has 0 saturated heterocycles. The van der Waals surface area contributed by atoms with Crippen LogP contribution in [-0.2, 0) is 37.9 Å². The molecule has 0 aliphatic rings. The van der Waals surface area contributed by atoms with Gasteiger partial charge in [0, 0.05) is 32.9 Å². The summed E-state index contributed by atoms with van der Waals surface area (Å²) in [6.45, 7) is 17.3. The van der Waals surface area contributed by atoms with Gasteiger partial charge in [0.25, 0.3) is 0 Å². The van der Waals surface area contributed by atoms with Crippen molar-refractivity contribution in [1.29, 1.82) is 0 Å². The number of aliphatic hydroxyl groups excluding tert-OH is 4. The normalized spacial score (nSPS) is 10.5. The van der Waals surface area contributed by atoms with Gasteiger partial charge in [0.15, 0.2) is 11.5 Å². The molecule has 17 heteroatoms. The van der Waals surface area contributed by atoms with E-state index in [1.54, 1.807) is 14.2 Å². The summed E-state index contributed by atoms with van der Waals surface area (Å²) in [6, 6.07) is 15.1. The van der Waals surface area contributed by atoms with Crippen LogP contribution in [0.2, 0.25) is 0 Å². The fourth-order valence-corrected chi connectivity index (χ4v) is 4.36. The molecule has 0 unspecified atom stereocenters. The minimum Gasteiger partial charge on any atom is -0.493 e. The molecule has 0 aromatic heterocycles. The zero-order valence-electron chi connectivity index (χ0n) is 37.8. The average Bonchev–Trinajstić information content (AvgIpc) is 3.29. The maximum atomic E-state index is 8.78. The molecule has 2 rings (SSSR count). The molecule has 0 spiro atoms. The molecule has 61 heavy (non-hydrogen) atoms. The highest BCUT2D eigenvalue weighted by Crippen LogP contribution is 2.36. The van der Waals surface area contributed by atoms with Crippen molar-refractivity contribution < 1.29 is 77.3 Å². The highest BCUT2D eigenvalue weighted by Gasteiger charge is 2.11. The van der Waals surface area contributed by atoms with E-state index in [1.807, 2.05) is 67.3 Å². The van der Waals surface area contributed by atoms with Crippen molar-refractivity contribution >= 4 is 0 Å². The predicted octanol–water partition coefficient (Wildman–Crippen LogP) is 3.71. The standard InChI is InChI=1S/C19H33NO7.C15H24O5.2C5H12O2/c21-8-12-23-10-6-20(18-26-13-9-22)7-11-24-14-15-25-16-17-27-19-4-2-1-3-5-19;1-4-8-18-9-10-19-11-12-20-15-13(16-2)6-5-7-14(15)17-3;2*1-2-4-7-5-3-6/h1-5,21-22H,6-18H2;5-7H,4,8-12H2,1-3H3;2*6H,2-5H2,1H3. The number of benzene rings is 2. The fraction of sp³-hybridized carbons (Fsp3) is 0.727. The molecule has 0 aliphatic heterocycles. The molecule has 358 valence electrons. The van der Waals surface area contributed by atoms with Crippen molar-refractivity contribution in [2.24, 2.45) is 0 Å². The SMILES string of the molecule is CCCOCCO.CCCOCCO.CCCOCCOCCOc1c(OC)cccc1OC.OCCOCCN(CCOCCOCCOc1ccccc1)COCCO. The summed E-state index contributed by atoms with van der Waals surface area (Å²) in [6.07, 6.45) is 3.08. The minimum atomic E-state index is -0.00330. The van der Waals surface area contributed by atoms with E-state index >= 15 is 0 Å². The third kappa shape index (κ3) is 42.2. The van der Waals surface area contributed by atoms with Gasteiger partial charge in [-0.25, -0.2) is 0 Å². The Kier molecular flexibility index (Phi) is 50.8. The van der Waals surface area contributed by atoms with Crippen molar-refractivity contribution in [3.63, 3.8) is 0 Å².